The van der Waals surface area contributed by atoms with Crippen LogP contribution in [0.1, 0.15) is 0 Å². The number of benzene rings is 1. The second-order valence-electron chi connectivity index (χ2n) is 2.26. The van der Waals surface area contributed by atoms with Crippen LogP contribution in [0.3, 0.4) is 0 Å². The Morgan fingerprint density at radius 2 is 2.00 bits per heavy atom. The van der Waals surface area contributed by atoms with E-state index in [1.54, 1.807) is 6.07 Å². The van der Waals surface area contributed by atoms with Crippen molar-refractivity contribution in [1.82, 2.24) is 4.37 Å². The smallest absolute Gasteiger partial charge is 0.239 e. The van der Waals surface area contributed by atoms with Crippen molar-refractivity contribution in [2.75, 3.05) is 0 Å². The fraction of sp³-hybridized carbons (Fsp3) is 0. The van der Waals surface area contributed by atoms with Gasteiger partial charge in [-0.05, 0) is 6.07 Å². The lowest BCUT2D eigenvalue weighted by Crippen LogP contribution is -1.67. The predicted octanol–water partition coefficient (Wildman–Crippen LogP) is 1.64. The normalized spacial score (nSPS) is 10.3. The zero-order valence-corrected chi connectivity index (χ0v) is 7.58. The molecule has 0 radical (unpaired) electrons. The van der Waals surface area contributed by atoms with Crippen LogP contribution in [-0.4, -0.2) is 12.8 Å². The summed E-state index contributed by atoms with van der Waals surface area (Å²) in [6, 6.07) is 7.36. The second-order valence-corrected chi connectivity index (χ2v) is 3.99. The van der Waals surface area contributed by atoms with Gasteiger partial charge >= 0.3 is 0 Å². The minimum atomic E-state index is -2.17. The highest BCUT2D eigenvalue weighted by molar-refractivity contribution is 7.64. The van der Waals surface area contributed by atoms with Crippen LogP contribution in [0.5, 0.6) is 0 Å². The molecule has 1 N–H and O–H groups in total. The third kappa shape index (κ3) is 1.07. The van der Waals surface area contributed by atoms with Crippen LogP contribution in [0, 0.1) is 4.64 Å². The van der Waals surface area contributed by atoms with Gasteiger partial charge in [0.15, 0.2) is 4.64 Å². The minimum absolute atomic E-state index is 0.274. The van der Waals surface area contributed by atoms with Crippen LogP contribution in [0.4, 0.5) is 0 Å². The van der Waals surface area contributed by atoms with Crippen molar-refractivity contribution in [2.45, 2.75) is 0 Å². The van der Waals surface area contributed by atoms with Gasteiger partial charge in [-0.2, -0.15) is 8.42 Å². The number of nitrogens with one attached hydrogen (secondary N) is 1. The maximum absolute atomic E-state index is 10.7. The standard InChI is InChI=1S/C7H5NO2S2/c9-12(10)7-5-3-1-2-4-6(5)11-8-7/h1-4,8H. The van der Waals surface area contributed by atoms with Crippen LogP contribution in [0.2, 0.25) is 0 Å². The number of rotatable bonds is 0. The highest BCUT2D eigenvalue weighted by atomic mass is 32.2. The minimum Gasteiger partial charge on any atom is -0.297 e. The molecule has 0 atom stereocenters. The monoisotopic (exact) mass is 199 g/mol. The number of hydrogen-bond donors (Lipinski definition) is 1. The average Bonchev–Trinajstić information content (AvgIpc) is 2.47. The summed E-state index contributed by atoms with van der Waals surface area (Å²) in [6.07, 6.45) is 0. The van der Waals surface area contributed by atoms with Crippen molar-refractivity contribution in [3.05, 3.63) is 28.9 Å². The van der Waals surface area contributed by atoms with Gasteiger partial charge in [0.25, 0.3) is 0 Å². The first-order chi connectivity index (χ1) is 5.79. The Balaban J connectivity index is 3.20. The molecule has 0 amide bonds. The SMILES string of the molecule is O=S(=O)=c1[nH]sc2ccccc12. The molecule has 1 heterocycles. The average molecular weight is 199 g/mol. The molecule has 0 saturated heterocycles. The summed E-state index contributed by atoms with van der Waals surface area (Å²) < 4.78 is 25.3. The Kier molecular flexibility index (Phi) is 1.74. The number of fused-ring (bicyclic) bond motifs is 1. The van der Waals surface area contributed by atoms with E-state index in [-0.39, 0.29) is 4.64 Å². The fourth-order valence-corrected chi connectivity index (χ4v) is 2.58. The maximum Gasteiger partial charge on any atom is 0.239 e. The van der Waals surface area contributed by atoms with E-state index in [1.807, 2.05) is 18.2 Å². The summed E-state index contributed by atoms with van der Waals surface area (Å²) in [4.78, 5) is 0. The lowest BCUT2D eigenvalue weighted by Gasteiger charge is -1.81. The van der Waals surface area contributed by atoms with Crippen molar-refractivity contribution in [2.24, 2.45) is 0 Å². The van der Waals surface area contributed by atoms with Crippen LogP contribution in [0.25, 0.3) is 10.1 Å². The second kappa shape index (κ2) is 2.76. The molecule has 0 saturated carbocycles. The summed E-state index contributed by atoms with van der Waals surface area (Å²) in [5.74, 6) is 0. The molecule has 3 nitrogen and oxygen atoms in total. The Bertz CT molecular complexity index is 568. The number of aromatic nitrogens is 1. The first-order valence-electron chi connectivity index (χ1n) is 3.27. The molecule has 12 heavy (non-hydrogen) atoms. The maximum atomic E-state index is 10.7. The van der Waals surface area contributed by atoms with Gasteiger partial charge < -0.3 is 0 Å². The summed E-state index contributed by atoms with van der Waals surface area (Å²) in [6.45, 7) is 0. The van der Waals surface area contributed by atoms with Crippen molar-refractivity contribution >= 4 is 31.9 Å². The van der Waals surface area contributed by atoms with Gasteiger partial charge in [-0.25, -0.2) is 0 Å². The zero-order valence-electron chi connectivity index (χ0n) is 5.94. The summed E-state index contributed by atoms with van der Waals surface area (Å²) >= 11 is 1.32. The largest absolute Gasteiger partial charge is 0.297 e. The van der Waals surface area contributed by atoms with Gasteiger partial charge in [-0.1, -0.05) is 29.7 Å². The lowest BCUT2D eigenvalue weighted by molar-refractivity contribution is 0.624. The van der Waals surface area contributed by atoms with E-state index in [4.69, 9.17) is 0 Å². The van der Waals surface area contributed by atoms with E-state index in [9.17, 15) is 8.42 Å². The topological polar surface area (TPSA) is 49.9 Å². The molecule has 1 aromatic heterocycles. The molecule has 5 heteroatoms. The Labute approximate surface area is 74.0 Å². The van der Waals surface area contributed by atoms with Crippen molar-refractivity contribution < 1.29 is 8.42 Å². The van der Waals surface area contributed by atoms with Gasteiger partial charge in [0.2, 0.25) is 10.3 Å². The van der Waals surface area contributed by atoms with Crippen molar-refractivity contribution in [3.63, 3.8) is 0 Å². The molecule has 0 unspecified atom stereocenters. The quantitative estimate of drug-likeness (QED) is 0.656. The molecule has 2 aromatic rings. The highest BCUT2D eigenvalue weighted by Crippen LogP contribution is 2.17. The Morgan fingerprint density at radius 1 is 1.25 bits per heavy atom. The molecule has 0 aliphatic heterocycles. The third-order valence-corrected chi connectivity index (χ3v) is 3.22. The first kappa shape index (κ1) is 7.57. The van der Waals surface area contributed by atoms with Crippen molar-refractivity contribution in [1.29, 1.82) is 0 Å². The Hall–Kier alpha value is -1.07. The molecular weight excluding hydrogens is 194 g/mol. The van der Waals surface area contributed by atoms with E-state index < -0.39 is 10.3 Å². The predicted molar refractivity (Wildman–Crippen MR) is 48.3 cm³/mol. The van der Waals surface area contributed by atoms with Gasteiger partial charge in [0.1, 0.15) is 0 Å². The van der Waals surface area contributed by atoms with Crippen LogP contribution >= 0.6 is 11.5 Å². The number of hydrogen-bond acceptors (Lipinski definition) is 3. The van der Waals surface area contributed by atoms with E-state index in [0.717, 1.165) is 10.1 Å². The van der Waals surface area contributed by atoms with Crippen LogP contribution < -0.4 is 0 Å². The fourth-order valence-electron chi connectivity index (χ4n) is 1.02. The molecule has 1 aromatic carbocycles. The molecule has 0 bridgehead atoms. The molecule has 62 valence electrons. The van der Waals surface area contributed by atoms with Gasteiger partial charge in [0, 0.05) is 5.39 Å². The third-order valence-electron chi connectivity index (χ3n) is 1.55. The van der Waals surface area contributed by atoms with Crippen molar-refractivity contribution in [3.8, 4) is 0 Å². The number of H-pyrrole nitrogens is 1. The molecule has 0 fully saturated rings. The van der Waals surface area contributed by atoms with Crippen LogP contribution in [-0.2, 0) is 10.3 Å². The summed E-state index contributed by atoms with van der Waals surface area (Å²) in [7, 11) is -2.17. The molecular formula is C7H5NO2S2. The highest BCUT2D eigenvalue weighted by Gasteiger charge is 1.97. The Morgan fingerprint density at radius 3 is 2.75 bits per heavy atom. The molecule has 2 rings (SSSR count). The number of aromatic amines is 1. The lowest BCUT2D eigenvalue weighted by atomic mass is 10.3. The first-order valence-corrected chi connectivity index (χ1v) is 5.16. The molecule has 0 aliphatic rings. The van der Waals surface area contributed by atoms with Gasteiger partial charge in [-0.15, -0.1) is 0 Å². The summed E-state index contributed by atoms with van der Waals surface area (Å²) in [5.41, 5.74) is 0. The van der Waals surface area contributed by atoms with Crippen LogP contribution in [0.15, 0.2) is 24.3 Å². The van der Waals surface area contributed by atoms with Gasteiger partial charge in [-0.3, -0.25) is 4.37 Å². The van der Waals surface area contributed by atoms with E-state index in [1.165, 1.54) is 11.5 Å². The van der Waals surface area contributed by atoms with E-state index in [0.29, 0.717) is 0 Å². The van der Waals surface area contributed by atoms with E-state index >= 15 is 0 Å². The summed E-state index contributed by atoms with van der Waals surface area (Å²) in [5, 5.41) is 0.760. The van der Waals surface area contributed by atoms with Gasteiger partial charge in [0.05, 0.1) is 4.70 Å². The van der Waals surface area contributed by atoms with E-state index in [2.05, 4.69) is 4.37 Å². The molecule has 0 aliphatic carbocycles. The molecule has 0 spiro atoms. The zero-order chi connectivity index (χ0) is 8.55.